The van der Waals surface area contributed by atoms with Crippen LogP contribution in [0.1, 0.15) is 4.88 Å². The van der Waals surface area contributed by atoms with Gasteiger partial charge in [-0.2, -0.15) is 0 Å². The van der Waals surface area contributed by atoms with Gasteiger partial charge in [-0.25, -0.2) is 9.97 Å². The van der Waals surface area contributed by atoms with Gasteiger partial charge >= 0.3 is 0 Å². The summed E-state index contributed by atoms with van der Waals surface area (Å²) in [6, 6.07) is 3.91. The number of halogens is 1. The molecule has 0 saturated heterocycles. The van der Waals surface area contributed by atoms with Crippen LogP contribution in [-0.2, 0) is 6.54 Å². The van der Waals surface area contributed by atoms with Gasteiger partial charge in [-0.3, -0.25) is 0 Å². The maximum atomic E-state index is 5.86. The SMILES string of the molecule is CN(C)c1ncc(NCc2ccc(Cl)s2)cn1. The third-order valence-corrected chi connectivity index (χ3v) is 3.36. The summed E-state index contributed by atoms with van der Waals surface area (Å²) in [4.78, 5) is 11.5. The lowest BCUT2D eigenvalue weighted by atomic mass is 10.4. The van der Waals surface area contributed by atoms with Crippen LogP contribution in [0.2, 0.25) is 4.34 Å². The fraction of sp³-hybridized carbons (Fsp3) is 0.273. The fourth-order valence-electron chi connectivity index (χ4n) is 1.28. The van der Waals surface area contributed by atoms with Gasteiger partial charge in [-0.15, -0.1) is 11.3 Å². The number of thiophene rings is 1. The average molecular weight is 269 g/mol. The summed E-state index contributed by atoms with van der Waals surface area (Å²) in [7, 11) is 3.83. The third-order valence-electron chi connectivity index (χ3n) is 2.13. The average Bonchev–Trinajstić information content (AvgIpc) is 2.73. The molecule has 0 aromatic carbocycles. The molecule has 0 aliphatic heterocycles. The Balaban J connectivity index is 1.95. The number of aromatic nitrogens is 2. The molecule has 1 N–H and O–H groups in total. The summed E-state index contributed by atoms with van der Waals surface area (Å²) in [6.07, 6.45) is 3.55. The van der Waals surface area contributed by atoms with Crippen molar-refractivity contribution in [2.45, 2.75) is 6.54 Å². The van der Waals surface area contributed by atoms with Gasteiger partial charge in [0.05, 0.1) is 22.4 Å². The number of nitrogens with one attached hydrogen (secondary N) is 1. The van der Waals surface area contributed by atoms with Crippen molar-refractivity contribution in [3.63, 3.8) is 0 Å². The molecular weight excluding hydrogens is 256 g/mol. The van der Waals surface area contributed by atoms with E-state index in [-0.39, 0.29) is 0 Å². The molecule has 0 bridgehead atoms. The lowest BCUT2D eigenvalue weighted by Crippen LogP contribution is -2.12. The quantitative estimate of drug-likeness (QED) is 0.926. The van der Waals surface area contributed by atoms with Crippen LogP contribution >= 0.6 is 22.9 Å². The molecule has 0 atom stereocenters. The van der Waals surface area contributed by atoms with E-state index in [0.29, 0.717) is 5.95 Å². The van der Waals surface area contributed by atoms with Crippen molar-refractivity contribution >= 4 is 34.6 Å². The van der Waals surface area contributed by atoms with E-state index in [9.17, 15) is 0 Å². The molecule has 2 rings (SSSR count). The monoisotopic (exact) mass is 268 g/mol. The Bertz CT molecular complexity index is 480. The van der Waals surface area contributed by atoms with Gasteiger partial charge < -0.3 is 10.2 Å². The maximum absolute atomic E-state index is 5.86. The van der Waals surface area contributed by atoms with Crippen molar-refractivity contribution in [2.24, 2.45) is 0 Å². The van der Waals surface area contributed by atoms with E-state index in [2.05, 4.69) is 15.3 Å². The molecule has 0 aliphatic carbocycles. The highest BCUT2D eigenvalue weighted by Crippen LogP contribution is 2.22. The molecule has 90 valence electrons. The number of anilines is 2. The van der Waals surface area contributed by atoms with Crippen molar-refractivity contribution in [3.8, 4) is 0 Å². The van der Waals surface area contributed by atoms with Crippen LogP contribution in [-0.4, -0.2) is 24.1 Å². The normalized spacial score (nSPS) is 10.3. The molecule has 0 saturated carbocycles. The summed E-state index contributed by atoms with van der Waals surface area (Å²) in [6.45, 7) is 0.738. The number of rotatable bonds is 4. The third kappa shape index (κ3) is 3.31. The van der Waals surface area contributed by atoms with Crippen molar-refractivity contribution < 1.29 is 0 Å². The Morgan fingerprint density at radius 2 is 2.00 bits per heavy atom. The van der Waals surface area contributed by atoms with Gasteiger partial charge in [0.1, 0.15) is 0 Å². The first-order chi connectivity index (χ1) is 8.15. The summed E-state index contributed by atoms with van der Waals surface area (Å²) >= 11 is 7.43. The van der Waals surface area contributed by atoms with Crippen LogP contribution in [0.4, 0.5) is 11.6 Å². The largest absolute Gasteiger partial charge is 0.378 e. The summed E-state index contributed by atoms with van der Waals surface area (Å²) in [5, 5.41) is 3.25. The molecule has 4 nitrogen and oxygen atoms in total. The highest BCUT2D eigenvalue weighted by atomic mass is 35.5. The minimum absolute atomic E-state index is 0.703. The fourth-order valence-corrected chi connectivity index (χ4v) is 2.31. The molecule has 2 heterocycles. The predicted molar refractivity (Wildman–Crippen MR) is 73.0 cm³/mol. The van der Waals surface area contributed by atoms with Crippen LogP contribution in [0.5, 0.6) is 0 Å². The van der Waals surface area contributed by atoms with E-state index in [1.165, 1.54) is 4.88 Å². The first kappa shape index (κ1) is 12.1. The minimum atomic E-state index is 0.703. The molecule has 0 amide bonds. The molecule has 0 fully saturated rings. The zero-order chi connectivity index (χ0) is 12.3. The van der Waals surface area contributed by atoms with Crippen molar-refractivity contribution in [1.82, 2.24) is 9.97 Å². The Labute approximate surface area is 109 Å². The molecule has 2 aromatic rings. The molecule has 0 unspecified atom stereocenters. The second kappa shape index (κ2) is 5.33. The lowest BCUT2D eigenvalue weighted by molar-refractivity contribution is 0.994. The van der Waals surface area contributed by atoms with Crippen LogP contribution in [0.25, 0.3) is 0 Å². The minimum Gasteiger partial charge on any atom is -0.378 e. The molecule has 17 heavy (non-hydrogen) atoms. The van der Waals surface area contributed by atoms with Gasteiger partial charge in [0, 0.05) is 25.5 Å². The highest BCUT2D eigenvalue weighted by Gasteiger charge is 2.00. The molecule has 2 aromatic heterocycles. The van der Waals surface area contributed by atoms with Crippen LogP contribution in [0, 0.1) is 0 Å². The zero-order valence-electron chi connectivity index (χ0n) is 9.64. The van der Waals surface area contributed by atoms with Gasteiger partial charge in [0.25, 0.3) is 0 Å². The maximum Gasteiger partial charge on any atom is 0.224 e. The van der Waals surface area contributed by atoms with E-state index in [1.54, 1.807) is 23.7 Å². The predicted octanol–water partition coefficient (Wildman–Crippen LogP) is 2.87. The zero-order valence-corrected chi connectivity index (χ0v) is 11.2. The van der Waals surface area contributed by atoms with E-state index in [1.807, 2.05) is 31.1 Å². The first-order valence-corrected chi connectivity index (χ1v) is 6.32. The van der Waals surface area contributed by atoms with E-state index >= 15 is 0 Å². The summed E-state index contributed by atoms with van der Waals surface area (Å²) in [5.41, 5.74) is 0.903. The number of hydrogen-bond donors (Lipinski definition) is 1. The molecule has 6 heteroatoms. The number of nitrogens with zero attached hydrogens (tertiary/aromatic N) is 3. The van der Waals surface area contributed by atoms with Crippen LogP contribution < -0.4 is 10.2 Å². The van der Waals surface area contributed by atoms with Gasteiger partial charge in [0.15, 0.2) is 0 Å². The molecular formula is C11H13ClN4S. The van der Waals surface area contributed by atoms with Crippen LogP contribution in [0.15, 0.2) is 24.5 Å². The highest BCUT2D eigenvalue weighted by molar-refractivity contribution is 7.16. The Hall–Kier alpha value is -1.33. The standard InChI is InChI=1S/C11H13ClN4S/c1-16(2)11-14-5-8(6-15-11)13-7-9-3-4-10(12)17-9/h3-6,13H,7H2,1-2H3. The summed E-state index contributed by atoms with van der Waals surface area (Å²) in [5.74, 6) is 0.703. The molecule has 0 spiro atoms. The first-order valence-electron chi connectivity index (χ1n) is 5.12. The van der Waals surface area contributed by atoms with Crippen molar-refractivity contribution in [3.05, 3.63) is 33.7 Å². The Morgan fingerprint density at radius 3 is 2.53 bits per heavy atom. The second-order valence-corrected chi connectivity index (χ2v) is 5.53. The Kier molecular flexibility index (Phi) is 3.81. The van der Waals surface area contributed by atoms with E-state index in [0.717, 1.165) is 16.6 Å². The topological polar surface area (TPSA) is 41.1 Å². The van der Waals surface area contributed by atoms with Gasteiger partial charge in [-0.1, -0.05) is 11.6 Å². The van der Waals surface area contributed by atoms with Crippen molar-refractivity contribution in [1.29, 1.82) is 0 Å². The second-order valence-electron chi connectivity index (χ2n) is 3.73. The molecule has 0 radical (unpaired) electrons. The smallest absolute Gasteiger partial charge is 0.224 e. The Morgan fingerprint density at radius 1 is 1.29 bits per heavy atom. The van der Waals surface area contributed by atoms with Crippen LogP contribution in [0.3, 0.4) is 0 Å². The van der Waals surface area contributed by atoms with Gasteiger partial charge in [-0.05, 0) is 12.1 Å². The van der Waals surface area contributed by atoms with Crippen molar-refractivity contribution in [2.75, 3.05) is 24.3 Å². The lowest BCUT2D eigenvalue weighted by Gasteiger charge is -2.10. The van der Waals surface area contributed by atoms with Gasteiger partial charge in [0.2, 0.25) is 5.95 Å². The van der Waals surface area contributed by atoms with E-state index in [4.69, 9.17) is 11.6 Å². The van der Waals surface area contributed by atoms with E-state index < -0.39 is 0 Å². The number of hydrogen-bond acceptors (Lipinski definition) is 5. The molecule has 0 aliphatic rings. The summed E-state index contributed by atoms with van der Waals surface area (Å²) < 4.78 is 0.806.